The Balaban J connectivity index is 1.92. The van der Waals surface area contributed by atoms with Crippen molar-refractivity contribution in [3.8, 4) is 0 Å². The van der Waals surface area contributed by atoms with Gasteiger partial charge in [-0.05, 0) is 17.7 Å². The molecular weight excluding hydrogens is 280 g/mol. The van der Waals surface area contributed by atoms with Crippen LogP contribution in [0.15, 0.2) is 48.7 Å². The third-order valence-corrected chi connectivity index (χ3v) is 3.31. The highest BCUT2D eigenvalue weighted by molar-refractivity contribution is 9.10. The number of halogens is 1. The van der Waals surface area contributed by atoms with Crippen molar-refractivity contribution in [3.63, 3.8) is 0 Å². The number of aliphatic imine (C=N–C) groups is 4. The quantitative estimate of drug-likeness (QED) is 0.802. The number of benzene rings is 1. The summed E-state index contributed by atoms with van der Waals surface area (Å²) in [5.41, 5.74) is 0.686. The predicted molar refractivity (Wildman–Crippen MR) is 73.5 cm³/mol. The third kappa shape index (κ3) is 1.86. The Morgan fingerprint density at radius 3 is 2.76 bits per heavy atom. The van der Waals surface area contributed by atoms with Gasteiger partial charge in [-0.2, -0.15) is 0 Å². The minimum absolute atomic E-state index is 0.497. The van der Waals surface area contributed by atoms with Crippen molar-refractivity contribution in [1.29, 1.82) is 0 Å². The second-order valence-corrected chi connectivity index (χ2v) is 4.86. The van der Waals surface area contributed by atoms with Crippen LogP contribution in [-0.2, 0) is 6.42 Å². The van der Waals surface area contributed by atoms with Gasteiger partial charge in [-0.3, -0.25) is 4.99 Å². The number of hydrogen-bond acceptors (Lipinski definition) is 4. The largest absolute Gasteiger partial charge is 0.252 e. The van der Waals surface area contributed by atoms with E-state index in [1.54, 1.807) is 6.34 Å². The molecule has 0 fully saturated rings. The Morgan fingerprint density at radius 1 is 1.12 bits per heavy atom. The Morgan fingerprint density at radius 2 is 1.94 bits per heavy atom. The maximum absolute atomic E-state index is 4.40. The van der Waals surface area contributed by atoms with Gasteiger partial charge in [0.25, 0.3) is 0 Å². The summed E-state index contributed by atoms with van der Waals surface area (Å²) in [6, 6.07) is 8.17. The predicted octanol–water partition coefficient (Wildman–Crippen LogP) is 2.28. The molecule has 1 atom stereocenters. The molecule has 0 spiro atoms. The molecule has 0 amide bonds. The average molecular weight is 289 g/mol. The van der Waals surface area contributed by atoms with Gasteiger partial charge in [0.1, 0.15) is 12.7 Å². The van der Waals surface area contributed by atoms with Crippen LogP contribution in [0.2, 0.25) is 0 Å². The van der Waals surface area contributed by atoms with E-state index in [0.717, 1.165) is 16.7 Å². The molecular formula is C12H9BrN4. The van der Waals surface area contributed by atoms with Crippen LogP contribution in [0.1, 0.15) is 5.56 Å². The zero-order chi connectivity index (χ0) is 11.7. The van der Waals surface area contributed by atoms with E-state index in [1.807, 2.05) is 18.3 Å². The molecule has 0 saturated carbocycles. The molecule has 0 radical (unpaired) electrons. The molecule has 1 aromatic rings. The summed E-state index contributed by atoms with van der Waals surface area (Å²) in [6.07, 6.45) is 5.61. The second-order valence-electron chi connectivity index (χ2n) is 3.95. The van der Waals surface area contributed by atoms with E-state index in [4.69, 9.17) is 0 Å². The van der Waals surface area contributed by atoms with Crippen molar-refractivity contribution in [2.75, 3.05) is 0 Å². The van der Waals surface area contributed by atoms with Crippen molar-refractivity contribution < 1.29 is 0 Å². The molecule has 0 saturated heterocycles. The molecule has 84 valence electrons. The second kappa shape index (κ2) is 4.00. The molecule has 0 aliphatic carbocycles. The van der Waals surface area contributed by atoms with Crippen LogP contribution in [0, 0.1) is 0 Å². The van der Waals surface area contributed by atoms with Crippen LogP contribution >= 0.6 is 15.9 Å². The third-order valence-electron chi connectivity index (χ3n) is 2.78. The van der Waals surface area contributed by atoms with Gasteiger partial charge >= 0.3 is 0 Å². The number of amidine groups is 1. The minimum atomic E-state index is -0.497. The molecule has 3 rings (SSSR count). The molecule has 1 aromatic carbocycles. The van der Waals surface area contributed by atoms with Gasteiger partial charge in [0.2, 0.25) is 0 Å². The first-order valence-corrected chi connectivity index (χ1v) is 6.01. The average Bonchev–Trinajstić information content (AvgIpc) is 2.75. The molecule has 2 heterocycles. The first kappa shape index (κ1) is 10.5. The first-order chi connectivity index (χ1) is 8.28. The minimum Gasteiger partial charge on any atom is -0.252 e. The summed E-state index contributed by atoms with van der Waals surface area (Å²) in [5, 5.41) is 0. The highest BCUT2D eigenvalue weighted by Gasteiger charge is 2.37. The van der Waals surface area contributed by atoms with Gasteiger partial charge in [-0.15, -0.1) is 0 Å². The fourth-order valence-electron chi connectivity index (χ4n) is 1.92. The molecule has 0 bridgehead atoms. The van der Waals surface area contributed by atoms with Crippen LogP contribution < -0.4 is 0 Å². The van der Waals surface area contributed by atoms with Crippen LogP contribution in [-0.4, -0.2) is 30.3 Å². The summed E-state index contributed by atoms with van der Waals surface area (Å²) in [4.78, 5) is 16.8. The molecule has 2 aliphatic heterocycles. The van der Waals surface area contributed by atoms with E-state index < -0.39 is 5.54 Å². The summed E-state index contributed by atoms with van der Waals surface area (Å²) >= 11 is 3.42. The monoisotopic (exact) mass is 288 g/mol. The van der Waals surface area contributed by atoms with Crippen molar-refractivity contribution in [3.05, 3.63) is 34.3 Å². The summed E-state index contributed by atoms with van der Waals surface area (Å²) in [6.45, 7) is 0. The molecule has 2 aliphatic rings. The van der Waals surface area contributed by atoms with Gasteiger partial charge in [-0.1, -0.05) is 28.1 Å². The lowest BCUT2D eigenvalue weighted by Crippen LogP contribution is -2.39. The van der Waals surface area contributed by atoms with Gasteiger partial charge in [0.05, 0.1) is 0 Å². The van der Waals surface area contributed by atoms with Gasteiger partial charge in [-0.25, -0.2) is 15.0 Å². The molecule has 0 N–H and O–H groups in total. The van der Waals surface area contributed by atoms with Crippen molar-refractivity contribution in [2.24, 2.45) is 20.0 Å². The standard InChI is InChI=1S/C12H9BrN4/c13-10-3-1-9(2-4-10)5-12-6-14-7-15-11(12)16-8-17-12/h1-4,6-8H,5H2. The zero-order valence-electron chi connectivity index (χ0n) is 8.92. The number of nitrogens with zero attached hydrogens (tertiary/aromatic N) is 4. The molecule has 4 nitrogen and oxygen atoms in total. The van der Waals surface area contributed by atoms with E-state index in [1.165, 1.54) is 11.9 Å². The summed E-state index contributed by atoms with van der Waals surface area (Å²) in [7, 11) is 0. The molecule has 17 heavy (non-hydrogen) atoms. The Hall–Kier alpha value is -1.62. The number of hydrogen-bond donors (Lipinski definition) is 0. The van der Waals surface area contributed by atoms with E-state index in [9.17, 15) is 0 Å². The molecule has 5 heteroatoms. The SMILES string of the molecule is Brc1ccc(CC23C=NC=NC2=NC=N3)cc1. The lowest BCUT2D eigenvalue weighted by atomic mass is 9.91. The fraction of sp³-hybridized carbons (Fsp3) is 0.167. The molecule has 1 unspecified atom stereocenters. The number of rotatable bonds is 2. The topological polar surface area (TPSA) is 49.4 Å². The van der Waals surface area contributed by atoms with Crippen molar-refractivity contribution >= 4 is 40.7 Å². The van der Waals surface area contributed by atoms with E-state index in [0.29, 0.717) is 0 Å². The zero-order valence-corrected chi connectivity index (χ0v) is 10.5. The summed E-state index contributed by atoms with van der Waals surface area (Å²) < 4.78 is 1.07. The maximum atomic E-state index is 4.40. The van der Waals surface area contributed by atoms with Gasteiger partial charge in [0, 0.05) is 17.1 Å². The van der Waals surface area contributed by atoms with Gasteiger partial charge < -0.3 is 0 Å². The normalized spacial score (nSPS) is 24.9. The smallest absolute Gasteiger partial charge is 0.165 e. The van der Waals surface area contributed by atoms with Crippen LogP contribution in [0.3, 0.4) is 0 Å². The van der Waals surface area contributed by atoms with Crippen LogP contribution in [0.25, 0.3) is 0 Å². The Kier molecular flexibility index (Phi) is 2.48. The summed E-state index contributed by atoms with van der Waals surface area (Å²) in [5.74, 6) is 0.718. The van der Waals surface area contributed by atoms with Crippen LogP contribution in [0.4, 0.5) is 0 Å². The maximum Gasteiger partial charge on any atom is 0.165 e. The highest BCUT2D eigenvalue weighted by Crippen LogP contribution is 2.24. The Bertz CT molecular complexity index is 556. The van der Waals surface area contributed by atoms with Crippen molar-refractivity contribution in [2.45, 2.75) is 12.0 Å². The highest BCUT2D eigenvalue weighted by atomic mass is 79.9. The van der Waals surface area contributed by atoms with Crippen molar-refractivity contribution in [1.82, 2.24) is 0 Å². The number of fused-ring (bicyclic) bond motifs is 1. The Labute approximate surface area is 107 Å². The van der Waals surface area contributed by atoms with Crippen LogP contribution in [0.5, 0.6) is 0 Å². The van der Waals surface area contributed by atoms with E-state index >= 15 is 0 Å². The lowest BCUT2D eigenvalue weighted by Gasteiger charge is -2.22. The fourth-order valence-corrected chi connectivity index (χ4v) is 2.19. The van der Waals surface area contributed by atoms with E-state index in [2.05, 4.69) is 48.0 Å². The van der Waals surface area contributed by atoms with Gasteiger partial charge in [0.15, 0.2) is 11.4 Å². The van der Waals surface area contributed by atoms with E-state index in [-0.39, 0.29) is 0 Å². The molecule has 0 aromatic heterocycles. The lowest BCUT2D eigenvalue weighted by molar-refractivity contribution is 0.755. The first-order valence-electron chi connectivity index (χ1n) is 5.22.